The van der Waals surface area contributed by atoms with E-state index in [1.807, 2.05) is 0 Å². The zero-order chi connectivity index (χ0) is 24.2. The smallest absolute Gasteiger partial charge is 0.314 e. The van der Waals surface area contributed by atoms with Gasteiger partial charge in [-0.3, -0.25) is 4.79 Å². The van der Waals surface area contributed by atoms with Gasteiger partial charge < -0.3 is 14.6 Å². The van der Waals surface area contributed by atoms with Crippen molar-refractivity contribution in [2.75, 3.05) is 13.7 Å². The van der Waals surface area contributed by atoms with Gasteiger partial charge in [0.25, 0.3) is 0 Å². The monoisotopic (exact) mass is 476 g/mol. The maximum Gasteiger partial charge on any atom is 0.314 e. The maximum atomic E-state index is 15.0. The third-order valence-electron chi connectivity index (χ3n) is 7.53. The van der Waals surface area contributed by atoms with Crippen LogP contribution in [-0.2, 0) is 4.79 Å². The van der Waals surface area contributed by atoms with E-state index in [0.29, 0.717) is 36.8 Å². The SMILES string of the molecule is COc1ccc(OC(=O)C2CCC(c3ccc(C4CCC(CO)CC4)c(F)c3F)CC2)cc1F. The van der Waals surface area contributed by atoms with Gasteiger partial charge in [-0.1, -0.05) is 12.1 Å². The Morgan fingerprint density at radius 2 is 1.44 bits per heavy atom. The topological polar surface area (TPSA) is 55.8 Å². The number of benzene rings is 2. The van der Waals surface area contributed by atoms with Gasteiger partial charge in [0.1, 0.15) is 5.75 Å². The Bertz CT molecular complexity index is 1010. The number of carbonyl (C=O) groups excluding carboxylic acids is 1. The first-order valence-corrected chi connectivity index (χ1v) is 12.0. The summed E-state index contributed by atoms with van der Waals surface area (Å²) in [5.41, 5.74) is 0.802. The Labute approximate surface area is 198 Å². The number of carbonyl (C=O) groups is 1. The van der Waals surface area contributed by atoms with Crippen LogP contribution in [0.25, 0.3) is 0 Å². The standard InChI is InChI=1S/C27H31F3O4/c1-33-24-13-10-20(14-23(24)28)34-27(32)19-8-6-18(7-9-19)22-12-11-21(25(29)26(22)30)17-4-2-16(15-31)3-5-17/h10-14,16-19,31H,2-9,15H2,1H3. The molecular weight excluding hydrogens is 445 g/mol. The lowest BCUT2D eigenvalue weighted by molar-refractivity contribution is -0.140. The van der Waals surface area contributed by atoms with Crippen molar-refractivity contribution in [3.05, 3.63) is 58.9 Å². The fraction of sp³-hybridized carbons (Fsp3) is 0.519. The molecule has 4 nitrogen and oxygen atoms in total. The van der Waals surface area contributed by atoms with Crippen molar-refractivity contribution in [3.63, 3.8) is 0 Å². The van der Waals surface area contributed by atoms with Crippen molar-refractivity contribution in [1.82, 2.24) is 0 Å². The average molecular weight is 477 g/mol. The van der Waals surface area contributed by atoms with Crippen LogP contribution in [0.3, 0.4) is 0 Å². The Balaban J connectivity index is 1.36. The minimum Gasteiger partial charge on any atom is -0.494 e. The molecule has 0 radical (unpaired) electrons. The molecule has 2 saturated carbocycles. The van der Waals surface area contributed by atoms with E-state index in [9.17, 15) is 18.7 Å². The first kappa shape index (κ1) is 24.6. The lowest BCUT2D eigenvalue weighted by Gasteiger charge is -2.30. The Morgan fingerprint density at radius 3 is 1.94 bits per heavy atom. The van der Waals surface area contributed by atoms with E-state index >= 15 is 4.39 Å². The van der Waals surface area contributed by atoms with Gasteiger partial charge >= 0.3 is 5.97 Å². The lowest BCUT2D eigenvalue weighted by Crippen LogP contribution is -2.25. The average Bonchev–Trinajstić information content (AvgIpc) is 2.86. The molecule has 0 amide bonds. The van der Waals surface area contributed by atoms with Crippen LogP contribution in [0.5, 0.6) is 11.5 Å². The largest absolute Gasteiger partial charge is 0.494 e. The molecule has 1 N–H and O–H groups in total. The highest BCUT2D eigenvalue weighted by Gasteiger charge is 2.32. The molecule has 0 aliphatic heterocycles. The molecular formula is C27H31F3O4. The molecule has 2 fully saturated rings. The van der Waals surface area contributed by atoms with Crippen LogP contribution in [0.1, 0.15) is 74.3 Å². The highest BCUT2D eigenvalue weighted by Crippen LogP contribution is 2.41. The van der Waals surface area contributed by atoms with E-state index < -0.39 is 23.4 Å². The van der Waals surface area contributed by atoms with Crippen LogP contribution < -0.4 is 9.47 Å². The predicted octanol–water partition coefficient (Wildman–Crippen LogP) is 6.26. The van der Waals surface area contributed by atoms with E-state index in [-0.39, 0.29) is 41.8 Å². The summed E-state index contributed by atoms with van der Waals surface area (Å²) in [5, 5.41) is 9.30. The molecule has 7 heteroatoms. The van der Waals surface area contributed by atoms with Gasteiger partial charge in [0, 0.05) is 12.7 Å². The molecule has 2 aromatic carbocycles. The maximum absolute atomic E-state index is 15.0. The van der Waals surface area contributed by atoms with E-state index in [1.165, 1.54) is 19.2 Å². The van der Waals surface area contributed by atoms with Gasteiger partial charge in [-0.2, -0.15) is 0 Å². The quantitative estimate of drug-likeness (QED) is 0.395. The highest BCUT2D eigenvalue weighted by molar-refractivity contribution is 5.75. The molecule has 2 aliphatic rings. The van der Waals surface area contributed by atoms with Gasteiger partial charge in [-0.25, -0.2) is 13.2 Å². The highest BCUT2D eigenvalue weighted by atomic mass is 19.2. The molecule has 0 unspecified atom stereocenters. The minimum atomic E-state index is -0.776. The summed E-state index contributed by atoms with van der Waals surface area (Å²) < 4.78 is 54.0. The summed E-state index contributed by atoms with van der Waals surface area (Å²) in [6, 6.07) is 7.40. The molecule has 34 heavy (non-hydrogen) atoms. The molecule has 2 aromatic rings. The van der Waals surface area contributed by atoms with Crippen LogP contribution >= 0.6 is 0 Å². The van der Waals surface area contributed by atoms with E-state index in [4.69, 9.17) is 9.47 Å². The Morgan fingerprint density at radius 1 is 0.882 bits per heavy atom. The summed E-state index contributed by atoms with van der Waals surface area (Å²) in [6.45, 7) is 0.149. The number of ether oxygens (including phenoxy) is 2. The van der Waals surface area contributed by atoms with Crippen LogP contribution in [0, 0.1) is 29.3 Å². The fourth-order valence-electron chi connectivity index (χ4n) is 5.42. The number of rotatable bonds is 6. The van der Waals surface area contributed by atoms with Crippen LogP contribution in [0.2, 0.25) is 0 Å². The number of hydrogen-bond donors (Lipinski definition) is 1. The third kappa shape index (κ3) is 5.24. The summed E-state index contributed by atoms with van der Waals surface area (Å²) in [6.07, 6.45) is 5.26. The molecule has 0 aromatic heterocycles. The molecule has 0 spiro atoms. The van der Waals surface area contributed by atoms with Crippen molar-refractivity contribution in [1.29, 1.82) is 0 Å². The van der Waals surface area contributed by atoms with E-state index in [2.05, 4.69) is 0 Å². The molecule has 0 bridgehead atoms. The molecule has 0 saturated heterocycles. The lowest BCUT2D eigenvalue weighted by atomic mass is 9.76. The van der Waals surface area contributed by atoms with Crippen molar-refractivity contribution in [3.8, 4) is 11.5 Å². The van der Waals surface area contributed by atoms with Gasteiger partial charge in [0.05, 0.1) is 13.0 Å². The molecule has 2 aliphatic carbocycles. The summed E-state index contributed by atoms with van der Waals surface area (Å²) >= 11 is 0. The number of halogens is 3. The van der Waals surface area contributed by atoms with E-state index in [1.54, 1.807) is 12.1 Å². The second-order valence-electron chi connectivity index (χ2n) is 9.54. The minimum absolute atomic E-state index is 0.0142. The van der Waals surface area contributed by atoms with Gasteiger partial charge in [-0.05, 0) is 92.4 Å². The zero-order valence-corrected chi connectivity index (χ0v) is 19.4. The van der Waals surface area contributed by atoms with Crippen LogP contribution in [0.4, 0.5) is 13.2 Å². The summed E-state index contributed by atoms with van der Waals surface area (Å²) in [4.78, 5) is 12.5. The first-order chi connectivity index (χ1) is 16.4. The second-order valence-corrected chi connectivity index (χ2v) is 9.54. The fourth-order valence-corrected chi connectivity index (χ4v) is 5.42. The van der Waals surface area contributed by atoms with Gasteiger partial charge in [0.15, 0.2) is 23.2 Å². The second kappa shape index (κ2) is 10.8. The number of aliphatic hydroxyl groups excluding tert-OH is 1. The number of esters is 1. The van der Waals surface area contributed by atoms with Crippen molar-refractivity contribution in [2.24, 2.45) is 11.8 Å². The van der Waals surface area contributed by atoms with Crippen LogP contribution in [0.15, 0.2) is 30.3 Å². The third-order valence-corrected chi connectivity index (χ3v) is 7.53. The Kier molecular flexibility index (Phi) is 7.81. The number of aliphatic hydroxyl groups is 1. The first-order valence-electron chi connectivity index (χ1n) is 12.0. The zero-order valence-electron chi connectivity index (χ0n) is 19.4. The molecule has 0 heterocycles. The van der Waals surface area contributed by atoms with Gasteiger partial charge in [0.2, 0.25) is 0 Å². The number of hydrogen-bond acceptors (Lipinski definition) is 4. The number of methoxy groups -OCH3 is 1. The normalized spacial score (nSPS) is 25.1. The summed E-state index contributed by atoms with van der Waals surface area (Å²) in [7, 11) is 1.36. The van der Waals surface area contributed by atoms with Crippen molar-refractivity contribution < 1.29 is 32.5 Å². The molecule has 4 rings (SSSR count). The summed E-state index contributed by atoms with van der Waals surface area (Å²) in [5.74, 6) is -2.68. The molecule has 184 valence electrons. The predicted molar refractivity (Wildman–Crippen MR) is 121 cm³/mol. The van der Waals surface area contributed by atoms with Crippen molar-refractivity contribution in [2.45, 2.75) is 63.2 Å². The van der Waals surface area contributed by atoms with Gasteiger partial charge in [-0.15, -0.1) is 0 Å². The molecule has 0 atom stereocenters. The van der Waals surface area contributed by atoms with E-state index in [0.717, 1.165) is 31.7 Å². The Hall–Kier alpha value is -2.54. The van der Waals surface area contributed by atoms with Crippen molar-refractivity contribution >= 4 is 5.97 Å². The van der Waals surface area contributed by atoms with Crippen LogP contribution in [-0.4, -0.2) is 24.8 Å².